The summed E-state index contributed by atoms with van der Waals surface area (Å²) in [6, 6.07) is 12.6. The standard InChI is InChI=1S/C23H25N3O6S/c1-15-8-9-16-6-4-5-7-18(16)26(15)22(27)14-33(28,29)13-21-24-23(25-32-21)17-10-11-19(30-2)20(12-17)31-3/h4-7,10-12,15H,8-9,13-14H2,1-3H3. The average Bonchev–Trinajstić information content (AvgIpc) is 3.25. The van der Waals surface area contributed by atoms with Crippen LogP contribution in [0.5, 0.6) is 11.5 Å². The highest BCUT2D eigenvalue weighted by molar-refractivity contribution is 7.91. The first-order chi connectivity index (χ1) is 15.8. The second-order valence-corrected chi connectivity index (χ2v) is 9.96. The molecule has 0 bridgehead atoms. The van der Waals surface area contributed by atoms with Gasteiger partial charge in [-0.1, -0.05) is 23.4 Å². The van der Waals surface area contributed by atoms with Crippen LogP contribution in [0.25, 0.3) is 11.4 Å². The van der Waals surface area contributed by atoms with Gasteiger partial charge in [-0.3, -0.25) is 4.79 Å². The molecule has 1 unspecified atom stereocenters. The van der Waals surface area contributed by atoms with Gasteiger partial charge in [-0.05, 0) is 49.6 Å². The fourth-order valence-corrected chi connectivity index (χ4v) is 5.08. The molecule has 0 spiro atoms. The minimum absolute atomic E-state index is 0.0809. The highest BCUT2D eigenvalue weighted by Gasteiger charge is 2.31. The Balaban J connectivity index is 1.49. The van der Waals surface area contributed by atoms with E-state index in [1.54, 1.807) is 23.1 Å². The minimum Gasteiger partial charge on any atom is -0.493 e. The number of aryl methyl sites for hydroxylation is 1. The fraction of sp³-hybridized carbons (Fsp3) is 0.348. The second kappa shape index (κ2) is 9.22. The molecule has 9 nitrogen and oxygen atoms in total. The molecule has 174 valence electrons. The monoisotopic (exact) mass is 471 g/mol. The molecule has 33 heavy (non-hydrogen) atoms. The van der Waals surface area contributed by atoms with E-state index in [4.69, 9.17) is 14.0 Å². The normalized spacial score (nSPS) is 15.7. The van der Waals surface area contributed by atoms with E-state index in [2.05, 4.69) is 10.1 Å². The highest BCUT2D eigenvalue weighted by atomic mass is 32.2. The summed E-state index contributed by atoms with van der Waals surface area (Å²) in [7, 11) is -0.798. The molecule has 0 aliphatic carbocycles. The molecule has 1 aliphatic rings. The first-order valence-electron chi connectivity index (χ1n) is 10.5. The van der Waals surface area contributed by atoms with Crippen LogP contribution in [0.1, 0.15) is 24.8 Å². The maximum absolute atomic E-state index is 13.0. The number of anilines is 1. The lowest BCUT2D eigenvalue weighted by atomic mass is 9.97. The number of amides is 1. The second-order valence-electron chi connectivity index (χ2n) is 7.89. The van der Waals surface area contributed by atoms with Gasteiger partial charge < -0.3 is 18.9 Å². The third-order valence-electron chi connectivity index (χ3n) is 5.59. The summed E-state index contributed by atoms with van der Waals surface area (Å²) in [5.74, 6) is -0.474. The van der Waals surface area contributed by atoms with Crippen LogP contribution in [-0.4, -0.2) is 50.5 Å². The van der Waals surface area contributed by atoms with Gasteiger partial charge in [0, 0.05) is 17.3 Å². The Morgan fingerprint density at radius 3 is 2.67 bits per heavy atom. The number of hydrogen-bond acceptors (Lipinski definition) is 8. The van der Waals surface area contributed by atoms with E-state index < -0.39 is 27.3 Å². The summed E-state index contributed by atoms with van der Waals surface area (Å²) in [6.07, 6.45) is 1.63. The zero-order chi connectivity index (χ0) is 23.6. The molecule has 4 rings (SSSR count). The van der Waals surface area contributed by atoms with Crippen LogP contribution in [-0.2, 0) is 26.8 Å². The number of aromatic nitrogens is 2. The third-order valence-corrected chi connectivity index (χ3v) is 6.96. The molecule has 0 saturated carbocycles. The quantitative estimate of drug-likeness (QED) is 0.517. The SMILES string of the molecule is COc1ccc(-c2noc(CS(=O)(=O)CC(=O)N3c4ccccc4CCC3C)n2)cc1OC. The lowest BCUT2D eigenvalue weighted by Crippen LogP contribution is -2.45. The van der Waals surface area contributed by atoms with Crippen LogP contribution in [0.3, 0.4) is 0 Å². The molecular weight excluding hydrogens is 446 g/mol. The van der Waals surface area contributed by atoms with Gasteiger partial charge in [-0.25, -0.2) is 8.42 Å². The maximum atomic E-state index is 13.0. The molecule has 0 radical (unpaired) electrons. The van der Waals surface area contributed by atoms with E-state index in [1.807, 2.05) is 31.2 Å². The minimum atomic E-state index is -3.83. The molecule has 1 aliphatic heterocycles. The van der Waals surface area contributed by atoms with Crippen LogP contribution in [0.4, 0.5) is 5.69 Å². The molecule has 1 atom stereocenters. The zero-order valence-electron chi connectivity index (χ0n) is 18.6. The Morgan fingerprint density at radius 1 is 1.15 bits per heavy atom. The summed E-state index contributed by atoms with van der Waals surface area (Å²) in [5, 5.41) is 3.87. The van der Waals surface area contributed by atoms with Gasteiger partial charge in [0.1, 0.15) is 11.5 Å². The van der Waals surface area contributed by atoms with Crippen LogP contribution in [0.15, 0.2) is 47.0 Å². The Morgan fingerprint density at radius 2 is 1.91 bits per heavy atom. The molecule has 0 saturated heterocycles. The molecular formula is C23H25N3O6S. The van der Waals surface area contributed by atoms with Gasteiger partial charge in [-0.15, -0.1) is 0 Å². The summed E-state index contributed by atoms with van der Waals surface area (Å²) in [4.78, 5) is 18.8. The Bertz CT molecular complexity index is 1270. The maximum Gasteiger partial charge on any atom is 0.242 e. The lowest BCUT2D eigenvalue weighted by Gasteiger charge is -2.35. The van der Waals surface area contributed by atoms with Crippen molar-refractivity contribution in [3.63, 3.8) is 0 Å². The van der Waals surface area contributed by atoms with Crippen molar-refractivity contribution in [3.05, 3.63) is 53.9 Å². The smallest absolute Gasteiger partial charge is 0.242 e. The molecule has 2 heterocycles. The van der Waals surface area contributed by atoms with E-state index in [0.717, 1.165) is 24.1 Å². The van der Waals surface area contributed by atoms with Gasteiger partial charge in [-0.2, -0.15) is 4.98 Å². The number of ether oxygens (including phenoxy) is 2. The first-order valence-corrected chi connectivity index (χ1v) is 12.3. The molecule has 2 aromatic carbocycles. The largest absolute Gasteiger partial charge is 0.493 e. The molecule has 0 N–H and O–H groups in total. The van der Waals surface area contributed by atoms with Crippen molar-refractivity contribution in [1.29, 1.82) is 0 Å². The van der Waals surface area contributed by atoms with E-state index in [1.165, 1.54) is 14.2 Å². The summed E-state index contributed by atoms with van der Waals surface area (Å²) in [6.45, 7) is 1.92. The van der Waals surface area contributed by atoms with Gasteiger partial charge in [0.05, 0.1) is 14.2 Å². The van der Waals surface area contributed by atoms with Crippen molar-refractivity contribution < 1.29 is 27.2 Å². The van der Waals surface area contributed by atoms with Gasteiger partial charge in [0.15, 0.2) is 21.3 Å². The van der Waals surface area contributed by atoms with E-state index in [-0.39, 0.29) is 17.8 Å². The van der Waals surface area contributed by atoms with Crippen molar-refractivity contribution in [3.8, 4) is 22.9 Å². The number of sulfone groups is 1. The van der Waals surface area contributed by atoms with Crippen molar-refractivity contribution in [2.75, 3.05) is 24.9 Å². The predicted molar refractivity (Wildman–Crippen MR) is 122 cm³/mol. The number of methoxy groups -OCH3 is 2. The predicted octanol–water partition coefficient (Wildman–Crippen LogP) is 3.04. The van der Waals surface area contributed by atoms with E-state index >= 15 is 0 Å². The number of hydrogen-bond donors (Lipinski definition) is 0. The molecule has 0 fully saturated rings. The summed E-state index contributed by atoms with van der Waals surface area (Å²) >= 11 is 0. The van der Waals surface area contributed by atoms with Crippen LogP contribution < -0.4 is 14.4 Å². The van der Waals surface area contributed by atoms with E-state index in [9.17, 15) is 13.2 Å². The number of carbonyl (C=O) groups is 1. The lowest BCUT2D eigenvalue weighted by molar-refractivity contribution is -0.116. The molecule has 1 amide bonds. The Labute approximate surface area is 192 Å². The third kappa shape index (κ3) is 4.85. The number of para-hydroxylation sites is 1. The zero-order valence-corrected chi connectivity index (χ0v) is 19.5. The van der Waals surface area contributed by atoms with Crippen molar-refractivity contribution in [1.82, 2.24) is 10.1 Å². The number of rotatable bonds is 7. The topological polar surface area (TPSA) is 112 Å². The molecule has 10 heteroatoms. The van der Waals surface area contributed by atoms with Crippen LogP contribution >= 0.6 is 0 Å². The van der Waals surface area contributed by atoms with Crippen LogP contribution in [0, 0.1) is 0 Å². The highest BCUT2D eigenvalue weighted by Crippen LogP contribution is 2.32. The Hall–Kier alpha value is -3.40. The first kappa shape index (κ1) is 22.8. The van der Waals surface area contributed by atoms with Crippen molar-refractivity contribution in [2.45, 2.75) is 31.6 Å². The van der Waals surface area contributed by atoms with Gasteiger partial charge >= 0.3 is 0 Å². The van der Waals surface area contributed by atoms with Gasteiger partial charge in [0.25, 0.3) is 0 Å². The molecule has 1 aromatic heterocycles. The fourth-order valence-electron chi connectivity index (χ4n) is 3.97. The molecule has 3 aromatic rings. The Kier molecular flexibility index (Phi) is 6.37. The average molecular weight is 472 g/mol. The summed E-state index contributed by atoms with van der Waals surface area (Å²) < 4.78 is 41.2. The van der Waals surface area contributed by atoms with Crippen molar-refractivity contribution >= 4 is 21.4 Å². The summed E-state index contributed by atoms with van der Waals surface area (Å²) in [5.41, 5.74) is 2.39. The van der Waals surface area contributed by atoms with Gasteiger partial charge in [0.2, 0.25) is 17.6 Å². The number of nitrogens with zero attached hydrogens (tertiary/aromatic N) is 3. The van der Waals surface area contributed by atoms with Crippen LogP contribution in [0.2, 0.25) is 0 Å². The van der Waals surface area contributed by atoms with Crippen molar-refractivity contribution in [2.24, 2.45) is 0 Å². The number of fused-ring (bicyclic) bond motifs is 1. The number of benzene rings is 2. The number of carbonyl (C=O) groups excluding carboxylic acids is 1. The van der Waals surface area contributed by atoms with E-state index in [0.29, 0.717) is 17.1 Å².